The lowest BCUT2D eigenvalue weighted by atomic mass is 9.89. The maximum atomic E-state index is 5.87. The molecule has 0 spiro atoms. The number of rotatable bonds is 0. The van der Waals surface area contributed by atoms with Crippen molar-refractivity contribution in [1.29, 1.82) is 0 Å². The van der Waals surface area contributed by atoms with Gasteiger partial charge in [-0.25, -0.2) is 4.98 Å². The second-order valence-corrected chi connectivity index (χ2v) is 6.69. The zero-order valence-corrected chi connectivity index (χ0v) is 12.6. The molecule has 0 amide bonds. The summed E-state index contributed by atoms with van der Waals surface area (Å²) in [6, 6.07) is 19.6. The molecule has 4 aromatic rings. The van der Waals surface area contributed by atoms with Gasteiger partial charge in [0.15, 0.2) is 0 Å². The smallest absolute Gasteiger partial charge is 0.112 e. The Morgan fingerprint density at radius 2 is 1.70 bits per heavy atom. The fourth-order valence-electron chi connectivity index (χ4n) is 4.15. The largest absolute Gasteiger partial charge is 0.364 e. The highest BCUT2D eigenvalue weighted by molar-refractivity contribution is 6.08. The van der Waals surface area contributed by atoms with Crippen molar-refractivity contribution in [3.05, 3.63) is 65.7 Å². The van der Waals surface area contributed by atoms with Gasteiger partial charge in [-0.05, 0) is 29.9 Å². The second-order valence-electron chi connectivity index (χ2n) is 6.69. The Labute approximate surface area is 133 Å². The molecule has 23 heavy (non-hydrogen) atoms. The third kappa shape index (κ3) is 1.59. The van der Waals surface area contributed by atoms with E-state index in [1.807, 2.05) is 0 Å². The van der Waals surface area contributed by atoms with Crippen LogP contribution in [0.5, 0.6) is 0 Å². The van der Waals surface area contributed by atoms with Crippen LogP contribution in [0.15, 0.2) is 54.6 Å². The molecule has 0 N–H and O–H groups in total. The van der Waals surface area contributed by atoms with Crippen LogP contribution < -0.4 is 0 Å². The highest BCUT2D eigenvalue weighted by Gasteiger charge is 2.45. The standard InChI is InChI=1S/C21H15NO/c1-2-4-16-12(3-1)5-7-14-11-15-8-6-13-9-10-17-21(23-17)18(13)20(15)22-19(14)16/h1-8,11,17,21H,9-10H2/t17-,21-/m1/s1. The molecule has 2 aliphatic rings. The van der Waals surface area contributed by atoms with Crippen LogP contribution in [0, 0.1) is 0 Å². The van der Waals surface area contributed by atoms with Crippen LogP contribution in [-0.4, -0.2) is 11.1 Å². The predicted molar refractivity (Wildman–Crippen MR) is 92.7 cm³/mol. The van der Waals surface area contributed by atoms with E-state index in [4.69, 9.17) is 9.72 Å². The third-order valence-electron chi connectivity index (χ3n) is 5.37. The summed E-state index contributed by atoms with van der Waals surface area (Å²) in [6.45, 7) is 0. The molecule has 1 aromatic heterocycles. The zero-order chi connectivity index (χ0) is 15.0. The molecule has 1 aliphatic heterocycles. The van der Waals surface area contributed by atoms with Gasteiger partial charge in [0, 0.05) is 21.7 Å². The normalized spacial score (nSPS) is 22.3. The van der Waals surface area contributed by atoms with Gasteiger partial charge < -0.3 is 4.74 Å². The van der Waals surface area contributed by atoms with Crippen molar-refractivity contribution in [3.8, 4) is 0 Å². The van der Waals surface area contributed by atoms with Crippen molar-refractivity contribution in [2.45, 2.75) is 25.0 Å². The predicted octanol–water partition coefficient (Wildman–Crippen LogP) is 4.93. The average Bonchev–Trinajstić information content (AvgIpc) is 3.39. The Kier molecular flexibility index (Phi) is 2.14. The van der Waals surface area contributed by atoms with E-state index >= 15 is 0 Å². The average molecular weight is 297 g/mol. The molecule has 0 saturated carbocycles. The molecule has 1 saturated heterocycles. The van der Waals surface area contributed by atoms with Gasteiger partial charge >= 0.3 is 0 Å². The lowest BCUT2D eigenvalue weighted by Gasteiger charge is -2.15. The van der Waals surface area contributed by atoms with Gasteiger partial charge in [-0.15, -0.1) is 0 Å². The van der Waals surface area contributed by atoms with Gasteiger partial charge in [0.2, 0.25) is 0 Å². The molecular formula is C21H15NO. The van der Waals surface area contributed by atoms with E-state index in [1.165, 1.54) is 32.7 Å². The van der Waals surface area contributed by atoms with Crippen molar-refractivity contribution in [1.82, 2.24) is 4.98 Å². The molecule has 2 heterocycles. The van der Waals surface area contributed by atoms with Crippen LogP contribution >= 0.6 is 0 Å². The van der Waals surface area contributed by atoms with Gasteiger partial charge in [-0.2, -0.15) is 0 Å². The Hall–Kier alpha value is -2.45. The highest BCUT2D eigenvalue weighted by Crippen LogP contribution is 2.49. The summed E-state index contributed by atoms with van der Waals surface area (Å²) < 4.78 is 5.87. The highest BCUT2D eigenvalue weighted by atomic mass is 16.6. The molecule has 6 rings (SSSR count). The van der Waals surface area contributed by atoms with Gasteiger partial charge in [-0.3, -0.25) is 0 Å². The fraction of sp³-hybridized carbons (Fsp3) is 0.190. The molecule has 0 unspecified atom stereocenters. The van der Waals surface area contributed by atoms with Crippen molar-refractivity contribution in [3.63, 3.8) is 0 Å². The number of hydrogen-bond donors (Lipinski definition) is 0. The third-order valence-corrected chi connectivity index (χ3v) is 5.37. The molecule has 1 fully saturated rings. The summed E-state index contributed by atoms with van der Waals surface area (Å²) in [5.74, 6) is 0. The summed E-state index contributed by atoms with van der Waals surface area (Å²) >= 11 is 0. The monoisotopic (exact) mass is 297 g/mol. The molecule has 1 aliphatic carbocycles. The van der Waals surface area contributed by atoms with E-state index in [2.05, 4.69) is 54.6 Å². The Morgan fingerprint density at radius 1 is 0.870 bits per heavy atom. The van der Waals surface area contributed by atoms with Gasteiger partial charge in [-0.1, -0.05) is 48.5 Å². The topological polar surface area (TPSA) is 25.4 Å². The first-order valence-electron chi connectivity index (χ1n) is 8.28. The van der Waals surface area contributed by atoms with Crippen molar-refractivity contribution in [2.24, 2.45) is 0 Å². The summed E-state index contributed by atoms with van der Waals surface area (Å²) in [5, 5.41) is 4.91. The first-order valence-corrected chi connectivity index (χ1v) is 8.28. The number of fused-ring (bicyclic) bond motifs is 8. The van der Waals surface area contributed by atoms with Crippen LogP contribution in [0.4, 0.5) is 0 Å². The van der Waals surface area contributed by atoms with Crippen LogP contribution in [0.1, 0.15) is 23.7 Å². The van der Waals surface area contributed by atoms with Gasteiger partial charge in [0.25, 0.3) is 0 Å². The van der Waals surface area contributed by atoms with Crippen LogP contribution in [0.25, 0.3) is 32.6 Å². The summed E-state index contributed by atoms with van der Waals surface area (Å²) in [7, 11) is 0. The second kappa shape index (κ2) is 4.09. The number of ether oxygens (including phenoxy) is 1. The number of hydrogen-bond acceptors (Lipinski definition) is 2. The first-order chi connectivity index (χ1) is 11.4. The maximum Gasteiger partial charge on any atom is 0.112 e. The molecule has 2 nitrogen and oxygen atoms in total. The lowest BCUT2D eigenvalue weighted by molar-refractivity contribution is 0.373. The summed E-state index contributed by atoms with van der Waals surface area (Å²) in [5.41, 5.74) is 5.00. The van der Waals surface area contributed by atoms with E-state index in [-0.39, 0.29) is 6.10 Å². The summed E-state index contributed by atoms with van der Waals surface area (Å²) in [4.78, 5) is 5.12. The molecule has 0 radical (unpaired) electrons. The summed E-state index contributed by atoms with van der Waals surface area (Å²) in [6.07, 6.45) is 2.97. The van der Waals surface area contributed by atoms with Gasteiger partial charge in [0.05, 0.1) is 17.1 Å². The molecular weight excluding hydrogens is 282 g/mol. The van der Waals surface area contributed by atoms with Crippen LogP contribution in [0.3, 0.4) is 0 Å². The Morgan fingerprint density at radius 3 is 2.70 bits per heavy atom. The van der Waals surface area contributed by atoms with Gasteiger partial charge in [0.1, 0.15) is 6.10 Å². The Balaban J connectivity index is 1.78. The fourth-order valence-corrected chi connectivity index (χ4v) is 4.15. The molecule has 110 valence electrons. The number of nitrogens with zero attached hydrogens (tertiary/aromatic N) is 1. The van der Waals surface area contributed by atoms with Crippen LogP contribution in [0.2, 0.25) is 0 Å². The molecule has 3 aromatic carbocycles. The van der Waals surface area contributed by atoms with E-state index in [1.54, 1.807) is 0 Å². The minimum atomic E-state index is 0.280. The van der Waals surface area contributed by atoms with Crippen LogP contribution in [-0.2, 0) is 11.2 Å². The van der Waals surface area contributed by atoms with E-state index < -0.39 is 0 Å². The maximum absolute atomic E-state index is 5.87. The van der Waals surface area contributed by atoms with E-state index in [9.17, 15) is 0 Å². The van der Waals surface area contributed by atoms with Crippen molar-refractivity contribution < 1.29 is 4.74 Å². The quantitative estimate of drug-likeness (QED) is 0.261. The lowest BCUT2D eigenvalue weighted by Crippen LogP contribution is -2.05. The minimum absolute atomic E-state index is 0.280. The number of benzene rings is 3. The number of epoxide rings is 1. The number of pyridine rings is 1. The number of aromatic nitrogens is 1. The number of aryl methyl sites for hydroxylation is 1. The molecule has 0 bridgehead atoms. The molecule has 2 atom stereocenters. The Bertz CT molecular complexity index is 1110. The minimum Gasteiger partial charge on any atom is -0.364 e. The molecule has 2 heteroatoms. The van der Waals surface area contributed by atoms with E-state index in [0.717, 1.165) is 23.9 Å². The SMILES string of the molecule is c1ccc2c(c1)ccc1cc3ccc4c(c3nc12)[C@@H]1O[C@@H]1CC4. The van der Waals surface area contributed by atoms with Crippen molar-refractivity contribution in [2.75, 3.05) is 0 Å². The zero-order valence-electron chi connectivity index (χ0n) is 12.6. The van der Waals surface area contributed by atoms with E-state index in [0.29, 0.717) is 6.10 Å². The van der Waals surface area contributed by atoms with Crippen molar-refractivity contribution >= 4 is 32.6 Å². The first kappa shape index (κ1) is 12.0.